The van der Waals surface area contributed by atoms with E-state index in [2.05, 4.69) is 10.4 Å². The number of nitrogens with two attached hydrogens (primary N) is 1. The molecule has 0 bridgehead atoms. The van der Waals surface area contributed by atoms with Gasteiger partial charge in [-0.2, -0.15) is 5.10 Å². The number of aryl methyl sites for hydroxylation is 2. The molecule has 1 amide bonds. The van der Waals surface area contributed by atoms with Crippen LogP contribution in [-0.2, 0) is 18.3 Å². The van der Waals surface area contributed by atoms with Crippen LogP contribution in [0.4, 0.5) is 0 Å². The summed E-state index contributed by atoms with van der Waals surface area (Å²) in [5, 5.41) is 7.10. The molecular formula is C14H24N4O. The van der Waals surface area contributed by atoms with Crippen LogP contribution in [0.25, 0.3) is 0 Å². The molecule has 1 fully saturated rings. The molecule has 19 heavy (non-hydrogen) atoms. The van der Waals surface area contributed by atoms with Gasteiger partial charge < -0.3 is 11.1 Å². The lowest BCUT2D eigenvalue weighted by Gasteiger charge is -2.31. The van der Waals surface area contributed by atoms with Crippen molar-refractivity contribution in [2.45, 2.75) is 50.5 Å². The molecule has 3 N–H and O–H groups in total. The molecule has 1 aliphatic carbocycles. The molecule has 0 spiro atoms. The van der Waals surface area contributed by atoms with Gasteiger partial charge >= 0.3 is 0 Å². The van der Waals surface area contributed by atoms with E-state index < -0.39 is 5.54 Å². The van der Waals surface area contributed by atoms with E-state index in [1.54, 1.807) is 4.68 Å². The molecule has 2 rings (SSSR count). The summed E-state index contributed by atoms with van der Waals surface area (Å²) in [6.07, 6.45) is 10.7. The Labute approximate surface area is 114 Å². The first-order valence-corrected chi connectivity index (χ1v) is 7.15. The van der Waals surface area contributed by atoms with Crippen molar-refractivity contribution in [2.75, 3.05) is 6.54 Å². The third-order valence-corrected chi connectivity index (χ3v) is 3.88. The number of carbonyl (C=O) groups excluding carboxylic acids is 1. The van der Waals surface area contributed by atoms with Crippen LogP contribution in [0.1, 0.15) is 44.1 Å². The van der Waals surface area contributed by atoms with Gasteiger partial charge in [-0.15, -0.1) is 0 Å². The average molecular weight is 264 g/mol. The Hall–Kier alpha value is -1.36. The van der Waals surface area contributed by atoms with Crippen molar-refractivity contribution >= 4 is 5.91 Å². The minimum atomic E-state index is -0.618. The number of aromatic nitrogens is 2. The lowest BCUT2D eigenvalue weighted by molar-refractivity contribution is -0.127. The standard InChI is InChI=1S/C14H24N4O/c1-18-11-12(10-17-18)6-5-9-16-13(19)14(15)7-3-2-4-8-14/h10-11H,2-9,15H2,1H3,(H,16,19). The molecule has 1 aliphatic rings. The van der Waals surface area contributed by atoms with Crippen LogP contribution >= 0.6 is 0 Å². The Kier molecular flexibility index (Phi) is 4.58. The van der Waals surface area contributed by atoms with E-state index in [1.165, 1.54) is 12.0 Å². The number of carbonyl (C=O) groups is 1. The molecule has 0 saturated heterocycles. The predicted molar refractivity (Wildman–Crippen MR) is 74.5 cm³/mol. The molecule has 1 aromatic rings. The molecule has 0 aliphatic heterocycles. The SMILES string of the molecule is Cn1cc(CCCNC(=O)C2(N)CCCCC2)cn1. The summed E-state index contributed by atoms with van der Waals surface area (Å²) in [5.41, 5.74) is 6.76. The monoisotopic (exact) mass is 264 g/mol. The lowest BCUT2D eigenvalue weighted by atomic mass is 9.82. The third-order valence-electron chi connectivity index (χ3n) is 3.88. The zero-order valence-corrected chi connectivity index (χ0v) is 11.7. The Balaban J connectivity index is 1.69. The molecule has 5 nitrogen and oxygen atoms in total. The second-order valence-corrected chi connectivity index (χ2v) is 5.60. The third kappa shape index (κ3) is 3.80. The van der Waals surface area contributed by atoms with Crippen molar-refractivity contribution in [3.8, 4) is 0 Å². The zero-order valence-electron chi connectivity index (χ0n) is 11.7. The molecule has 106 valence electrons. The molecule has 0 unspecified atom stereocenters. The van der Waals surface area contributed by atoms with Crippen molar-refractivity contribution in [3.63, 3.8) is 0 Å². The zero-order chi connectivity index (χ0) is 13.7. The molecule has 0 aromatic carbocycles. The summed E-state index contributed by atoms with van der Waals surface area (Å²) in [5.74, 6) is 0.0263. The molecule has 1 saturated carbocycles. The van der Waals surface area contributed by atoms with Gasteiger partial charge in [0.25, 0.3) is 0 Å². The maximum Gasteiger partial charge on any atom is 0.240 e. The fourth-order valence-corrected chi connectivity index (χ4v) is 2.68. The molecule has 5 heteroatoms. The largest absolute Gasteiger partial charge is 0.354 e. The van der Waals surface area contributed by atoms with Crippen molar-refractivity contribution in [1.29, 1.82) is 0 Å². The van der Waals surface area contributed by atoms with Crippen LogP contribution in [0.5, 0.6) is 0 Å². The normalized spacial score (nSPS) is 18.2. The summed E-state index contributed by atoms with van der Waals surface area (Å²) < 4.78 is 1.80. The summed E-state index contributed by atoms with van der Waals surface area (Å²) in [6.45, 7) is 0.687. The van der Waals surface area contributed by atoms with Crippen LogP contribution in [0.15, 0.2) is 12.4 Å². The summed E-state index contributed by atoms with van der Waals surface area (Å²) in [6, 6.07) is 0. The highest BCUT2D eigenvalue weighted by Crippen LogP contribution is 2.25. The average Bonchev–Trinajstić information content (AvgIpc) is 2.81. The van der Waals surface area contributed by atoms with E-state index in [9.17, 15) is 4.79 Å². The van der Waals surface area contributed by atoms with E-state index in [0.29, 0.717) is 6.54 Å². The van der Waals surface area contributed by atoms with Gasteiger partial charge in [-0.25, -0.2) is 0 Å². The maximum absolute atomic E-state index is 12.1. The Morgan fingerprint density at radius 3 is 2.84 bits per heavy atom. The molecular weight excluding hydrogens is 240 g/mol. The van der Waals surface area contributed by atoms with Gasteiger partial charge in [0.2, 0.25) is 5.91 Å². The van der Waals surface area contributed by atoms with Crippen LogP contribution in [0.2, 0.25) is 0 Å². The molecule has 1 aromatic heterocycles. The first kappa shape index (κ1) is 14.1. The number of hydrogen-bond acceptors (Lipinski definition) is 3. The number of nitrogens with zero attached hydrogens (tertiary/aromatic N) is 2. The van der Waals surface area contributed by atoms with E-state index in [-0.39, 0.29) is 5.91 Å². The lowest BCUT2D eigenvalue weighted by Crippen LogP contribution is -2.55. The van der Waals surface area contributed by atoms with Crippen LogP contribution < -0.4 is 11.1 Å². The maximum atomic E-state index is 12.1. The van der Waals surface area contributed by atoms with E-state index >= 15 is 0 Å². The van der Waals surface area contributed by atoms with Gasteiger partial charge in [-0.1, -0.05) is 19.3 Å². The van der Waals surface area contributed by atoms with E-state index in [1.807, 2.05) is 19.4 Å². The topological polar surface area (TPSA) is 72.9 Å². The van der Waals surface area contributed by atoms with Crippen molar-refractivity contribution < 1.29 is 4.79 Å². The van der Waals surface area contributed by atoms with Crippen molar-refractivity contribution in [3.05, 3.63) is 18.0 Å². The van der Waals surface area contributed by atoms with Crippen LogP contribution in [0, 0.1) is 0 Å². The Morgan fingerprint density at radius 1 is 1.47 bits per heavy atom. The van der Waals surface area contributed by atoms with Crippen LogP contribution in [0.3, 0.4) is 0 Å². The number of amides is 1. The molecule has 1 heterocycles. The van der Waals surface area contributed by atoms with Gasteiger partial charge in [0.15, 0.2) is 0 Å². The van der Waals surface area contributed by atoms with Gasteiger partial charge in [0.1, 0.15) is 0 Å². The molecule has 0 radical (unpaired) electrons. The van der Waals surface area contributed by atoms with Crippen molar-refractivity contribution in [1.82, 2.24) is 15.1 Å². The number of nitrogens with one attached hydrogen (secondary N) is 1. The highest BCUT2D eigenvalue weighted by Gasteiger charge is 2.34. The van der Waals surface area contributed by atoms with Gasteiger partial charge in [-0.05, 0) is 31.2 Å². The van der Waals surface area contributed by atoms with Gasteiger partial charge in [0, 0.05) is 19.8 Å². The smallest absolute Gasteiger partial charge is 0.240 e. The van der Waals surface area contributed by atoms with Crippen molar-refractivity contribution in [2.24, 2.45) is 12.8 Å². The van der Waals surface area contributed by atoms with E-state index in [4.69, 9.17) is 5.73 Å². The fraction of sp³-hybridized carbons (Fsp3) is 0.714. The predicted octanol–water partition coefficient (Wildman–Crippen LogP) is 1.13. The second kappa shape index (κ2) is 6.19. The van der Waals surface area contributed by atoms with Gasteiger partial charge in [-0.3, -0.25) is 9.48 Å². The van der Waals surface area contributed by atoms with Crippen LogP contribution in [-0.4, -0.2) is 27.8 Å². The highest BCUT2D eigenvalue weighted by molar-refractivity contribution is 5.86. The van der Waals surface area contributed by atoms with E-state index in [0.717, 1.165) is 38.5 Å². The summed E-state index contributed by atoms with van der Waals surface area (Å²) >= 11 is 0. The molecule has 0 atom stereocenters. The fourth-order valence-electron chi connectivity index (χ4n) is 2.68. The second-order valence-electron chi connectivity index (χ2n) is 5.60. The Bertz CT molecular complexity index is 421. The number of hydrogen-bond donors (Lipinski definition) is 2. The highest BCUT2D eigenvalue weighted by atomic mass is 16.2. The first-order valence-electron chi connectivity index (χ1n) is 7.15. The Morgan fingerprint density at radius 2 is 2.21 bits per heavy atom. The minimum Gasteiger partial charge on any atom is -0.354 e. The first-order chi connectivity index (χ1) is 9.10. The number of rotatable bonds is 5. The summed E-state index contributed by atoms with van der Waals surface area (Å²) in [7, 11) is 1.91. The quantitative estimate of drug-likeness (QED) is 0.783. The summed E-state index contributed by atoms with van der Waals surface area (Å²) in [4.78, 5) is 12.1. The minimum absolute atomic E-state index is 0.0263. The van der Waals surface area contributed by atoms with Gasteiger partial charge in [0.05, 0.1) is 11.7 Å².